The number of hydrogen-bond donors (Lipinski definition) is 1. The second-order valence-electron chi connectivity index (χ2n) is 6.43. The lowest BCUT2D eigenvalue weighted by Gasteiger charge is -2.27. The van der Waals surface area contributed by atoms with E-state index in [2.05, 4.69) is 31.3 Å². The number of likely N-dealkylation sites (N-methyl/N-ethyl adjacent to an activating group) is 1. The van der Waals surface area contributed by atoms with Gasteiger partial charge in [-0.25, -0.2) is 4.79 Å². The third-order valence-electron chi connectivity index (χ3n) is 4.51. The van der Waals surface area contributed by atoms with Gasteiger partial charge in [-0.3, -0.25) is 4.79 Å². The second kappa shape index (κ2) is 9.13. The van der Waals surface area contributed by atoms with Crippen molar-refractivity contribution in [2.24, 2.45) is 0 Å². The standard InChI is InChI=1S/C19H29N3O2S/c1-5-11-20-19(24)21(4)12-13-22-17(23)16(6-2)25-18(22)15-10-8-7-9-14(15)3/h7-10,16,18H,5-6,11-13H2,1-4H3,(H,20,24)/t16-,18+/m1/s1. The number of thioether (sulfide) groups is 1. The molecular formula is C19H29N3O2S. The molecule has 6 heteroatoms. The van der Waals surface area contributed by atoms with E-state index in [1.54, 1.807) is 23.7 Å². The van der Waals surface area contributed by atoms with Gasteiger partial charge in [0.1, 0.15) is 5.37 Å². The van der Waals surface area contributed by atoms with Crippen molar-refractivity contribution in [3.8, 4) is 0 Å². The highest BCUT2D eigenvalue weighted by Crippen LogP contribution is 2.44. The first-order valence-corrected chi connectivity index (χ1v) is 9.94. The minimum absolute atomic E-state index is 0.00355. The average molecular weight is 364 g/mol. The summed E-state index contributed by atoms with van der Waals surface area (Å²) < 4.78 is 0. The average Bonchev–Trinajstić information content (AvgIpc) is 2.93. The number of carbonyl (C=O) groups is 2. The zero-order valence-electron chi connectivity index (χ0n) is 15.6. The lowest BCUT2D eigenvalue weighted by molar-refractivity contribution is -0.130. The first-order chi connectivity index (χ1) is 12.0. The van der Waals surface area contributed by atoms with E-state index in [1.165, 1.54) is 11.1 Å². The molecule has 1 aromatic carbocycles. The number of nitrogens with one attached hydrogen (secondary N) is 1. The van der Waals surface area contributed by atoms with Gasteiger partial charge < -0.3 is 15.1 Å². The quantitative estimate of drug-likeness (QED) is 0.808. The minimum Gasteiger partial charge on any atom is -0.338 e. The molecule has 1 aliphatic rings. The highest BCUT2D eigenvalue weighted by molar-refractivity contribution is 8.01. The van der Waals surface area contributed by atoms with Gasteiger partial charge in [0.25, 0.3) is 0 Å². The molecule has 25 heavy (non-hydrogen) atoms. The first-order valence-electron chi connectivity index (χ1n) is 9.00. The van der Waals surface area contributed by atoms with Crippen molar-refractivity contribution in [1.82, 2.24) is 15.1 Å². The maximum absolute atomic E-state index is 12.8. The van der Waals surface area contributed by atoms with Crippen molar-refractivity contribution in [1.29, 1.82) is 0 Å². The van der Waals surface area contributed by atoms with E-state index in [1.807, 2.05) is 24.0 Å². The Morgan fingerprint density at radius 2 is 2.04 bits per heavy atom. The van der Waals surface area contributed by atoms with Crippen LogP contribution in [0.5, 0.6) is 0 Å². The molecule has 1 heterocycles. The van der Waals surface area contributed by atoms with Gasteiger partial charge >= 0.3 is 6.03 Å². The van der Waals surface area contributed by atoms with Crippen molar-refractivity contribution in [2.45, 2.75) is 44.2 Å². The predicted molar refractivity (Wildman–Crippen MR) is 104 cm³/mol. The molecular weight excluding hydrogens is 334 g/mol. The van der Waals surface area contributed by atoms with Crippen LogP contribution in [0.4, 0.5) is 4.79 Å². The van der Waals surface area contributed by atoms with Gasteiger partial charge in [0.15, 0.2) is 0 Å². The Morgan fingerprint density at radius 1 is 1.32 bits per heavy atom. The van der Waals surface area contributed by atoms with Gasteiger partial charge in [-0.1, -0.05) is 38.1 Å². The molecule has 1 aliphatic heterocycles. The zero-order valence-corrected chi connectivity index (χ0v) is 16.4. The van der Waals surface area contributed by atoms with E-state index in [0.29, 0.717) is 19.6 Å². The van der Waals surface area contributed by atoms with Crippen LogP contribution in [-0.2, 0) is 4.79 Å². The van der Waals surface area contributed by atoms with Crippen LogP contribution in [0.15, 0.2) is 24.3 Å². The topological polar surface area (TPSA) is 52.7 Å². The van der Waals surface area contributed by atoms with Crippen LogP contribution >= 0.6 is 11.8 Å². The monoisotopic (exact) mass is 363 g/mol. The molecule has 0 aromatic heterocycles. The SMILES string of the molecule is CCCNC(=O)N(C)CCN1C(=O)[C@@H](CC)S[C@H]1c1ccccc1C. The summed E-state index contributed by atoms with van der Waals surface area (Å²) in [6.07, 6.45) is 1.74. The Hall–Kier alpha value is -1.69. The third kappa shape index (κ3) is 4.69. The van der Waals surface area contributed by atoms with E-state index in [0.717, 1.165) is 12.8 Å². The molecule has 5 nitrogen and oxygen atoms in total. The van der Waals surface area contributed by atoms with Crippen LogP contribution in [0.25, 0.3) is 0 Å². The molecule has 3 amide bonds. The van der Waals surface area contributed by atoms with Gasteiger partial charge in [0.05, 0.1) is 5.25 Å². The summed E-state index contributed by atoms with van der Waals surface area (Å²) in [7, 11) is 1.78. The van der Waals surface area contributed by atoms with Crippen molar-refractivity contribution in [3.05, 3.63) is 35.4 Å². The Balaban J connectivity index is 2.08. The molecule has 0 bridgehead atoms. The highest BCUT2D eigenvalue weighted by Gasteiger charge is 2.40. The van der Waals surface area contributed by atoms with Gasteiger partial charge in [0, 0.05) is 26.7 Å². The Labute approximate surface area is 155 Å². The van der Waals surface area contributed by atoms with E-state index in [9.17, 15) is 9.59 Å². The minimum atomic E-state index is -0.0827. The number of rotatable bonds is 7. The second-order valence-corrected chi connectivity index (χ2v) is 7.71. The summed E-state index contributed by atoms with van der Waals surface area (Å²) in [6.45, 7) is 7.92. The fourth-order valence-electron chi connectivity index (χ4n) is 2.92. The van der Waals surface area contributed by atoms with Crippen molar-refractivity contribution in [2.75, 3.05) is 26.7 Å². The van der Waals surface area contributed by atoms with E-state index >= 15 is 0 Å². The Bertz CT molecular complexity index is 608. The van der Waals surface area contributed by atoms with Crippen LogP contribution in [-0.4, -0.2) is 53.7 Å². The summed E-state index contributed by atoms with van der Waals surface area (Å²) in [4.78, 5) is 28.4. The molecule has 2 atom stereocenters. The normalized spacial score (nSPS) is 20.0. The highest BCUT2D eigenvalue weighted by atomic mass is 32.2. The third-order valence-corrected chi connectivity index (χ3v) is 6.14. The molecule has 0 unspecified atom stereocenters. The molecule has 1 saturated heterocycles. The fraction of sp³-hybridized carbons (Fsp3) is 0.579. The molecule has 0 spiro atoms. The van der Waals surface area contributed by atoms with Crippen LogP contribution < -0.4 is 5.32 Å². The van der Waals surface area contributed by atoms with Crippen molar-refractivity contribution in [3.63, 3.8) is 0 Å². The molecule has 0 radical (unpaired) electrons. The lowest BCUT2D eigenvalue weighted by Crippen LogP contribution is -2.43. The van der Waals surface area contributed by atoms with Gasteiger partial charge in [-0.15, -0.1) is 11.8 Å². The number of amides is 3. The number of nitrogens with zero attached hydrogens (tertiary/aromatic N) is 2. The van der Waals surface area contributed by atoms with Gasteiger partial charge in [-0.2, -0.15) is 0 Å². The zero-order chi connectivity index (χ0) is 18.4. The number of hydrogen-bond acceptors (Lipinski definition) is 3. The van der Waals surface area contributed by atoms with Gasteiger partial charge in [0.2, 0.25) is 5.91 Å². The van der Waals surface area contributed by atoms with E-state index < -0.39 is 0 Å². The Kier molecular flexibility index (Phi) is 7.17. The molecule has 1 aromatic rings. The largest absolute Gasteiger partial charge is 0.338 e. The molecule has 1 N–H and O–H groups in total. The molecule has 2 rings (SSSR count). The summed E-state index contributed by atoms with van der Waals surface area (Å²) in [5, 5.41) is 2.91. The number of carbonyl (C=O) groups excluding carboxylic acids is 2. The molecule has 138 valence electrons. The van der Waals surface area contributed by atoms with E-state index in [-0.39, 0.29) is 22.6 Å². The number of benzene rings is 1. The molecule has 0 aliphatic carbocycles. The fourth-order valence-corrected chi connectivity index (χ4v) is 4.44. The summed E-state index contributed by atoms with van der Waals surface area (Å²) in [5.74, 6) is 0.183. The first kappa shape index (κ1) is 19.6. The van der Waals surface area contributed by atoms with Crippen LogP contribution in [0.3, 0.4) is 0 Å². The van der Waals surface area contributed by atoms with Crippen molar-refractivity contribution < 1.29 is 9.59 Å². The van der Waals surface area contributed by atoms with E-state index in [4.69, 9.17) is 0 Å². The number of urea groups is 1. The predicted octanol–water partition coefficient (Wildman–Crippen LogP) is 3.40. The maximum atomic E-state index is 12.8. The lowest BCUT2D eigenvalue weighted by atomic mass is 10.1. The Morgan fingerprint density at radius 3 is 2.68 bits per heavy atom. The van der Waals surface area contributed by atoms with Crippen LogP contribution in [0.1, 0.15) is 43.2 Å². The van der Waals surface area contributed by atoms with Crippen LogP contribution in [0.2, 0.25) is 0 Å². The van der Waals surface area contributed by atoms with Crippen molar-refractivity contribution >= 4 is 23.7 Å². The molecule has 1 fully saturated rings. The van der Waals surface area contributed by atoms with Gasteiger partial charge in [-0.05, 0) is 30.9 Å². The number of aryl methyl sites for hydroxylation is 1. The summed E-state index contributed by atoms with van der Waals surface area (Å²) >= 11 is 1.73. The maximum Gasteiger partial charge on any atom is 0.317 e. The molecule has 0 saturated carbocycles. The summed E-state index contributed by atoms with van der Waals surface area (Å²) in [5.41, 5.74) is 2.39. The van der Waals surface area contributed by atoms with Crippen LogP contribution in [0, 0.1) is 6.92 Å². The smallest absolute Gasteiger partial charge is 0.317 e. The summed E-state index contributed by atoms with van der Waals surface area (Å²) in [6, 6.07) is 8.15.